The van der Waals surface area contributed by atoms with Gasteiger partial charge in [0.1, 0.15) is 0 Å². The minimum atomic E-state index is -0.774. The van der Waals surface area contributed by atoms with Crippen molar-refractivity contribution >= 4 is 44.5 Å². The number of rotatable bonds is 5. The predicted octanol–water partition coefficient (Wildman–Crippen LogP) is 6.10. The lowest BCUT2D eigenvalue weighted by Gasteiger charge is -2.24. The number of allylic oxidation sites excluding steroid dienone is 1. The lowest BCUT2D eigenvalue weighted by Crippen LogP contribution is -2.30. The number of benzene rings is 3. The fourth-order valence-electron chi connectivity index (χ4n) is 4.29. The Labute approximate surface area is 201 Å². The van der Waals surface area contributed by atoms with Gasteiger partial charge in [0.25, 0.3) is 5.91 Å². The Balaban J connectivity index is 1.61. The topological polar surface area (TPSA) is 70.5 Å². The highest BCUT2D eigenvalue weighted by Gasteiger charge is 2.45. The Morgan fingerprint density at radius 1 is 1.03 bits per heavy atom. The first-order chi connectivity index (χ1) is 16.4. The van der Waals surface area contributed by atoms with E-state index in [4.69, 9.17) is 4.98 Å². The zero-order chi connectivity index (χ0) is 23.8. The zero-order valence-corrected chi connectivity index (χ0v) is 19.5. The van der Waals surface area contributed by atoms with Gasteiger partial charge in [-0.2, -0.15) is 0 Å². The zero-order valence-electron chi connectivity index (χ0n) is 18.7. The molecule has 1 atom stereocenters. The molecule has 34 heavy (non-hydrogen) atoms. The quantitative estimate of drug-likeness (QED) is 0.361. The molecule has 5 rings (SSSR count). The number of hydrogen-bond donors (Lipinski definition) is 1. The smallest absolute Gasteiger partial charge is 0.296 e. The van der Waals surface area contributed by atoms with Crippen LogP contribution < -0.4 is 4.90 Å². The summed E-state index contributed by atoms with van der Waals surface area (Å²) in [5, 5.41) is 11.3. The van der Waals surface area contributed by atoms with Gasteiger partial charge in [0, 0.05) is 0 Å². The molecule has 1 unspecified atom stereocenters. The fraction of sp³-hybridized carbons (Fsp3) is 0.107. The van der Waals surface area contributed by atoms with Gasteiger partial charge in [-0.15, -0.1) is 0 Å². The second kappa shape index (κ2) is 8.72. The molecule has 6 heteroatoms. The Morgan fingerprint density at radius 2 is 1.71 bits per heavy atom. The van der Waals surface area contributed by atoms with Gasteiger partial charge in [0.15, 0.2) is 16.7 Å². The maximum absolute atomic E-state index is 13.3. The van der Waals surface area contributed by atoms with Crippen LogP contribution in [0.15, 0.2) is 90.2 Å². The van der Waals surface area contributed by atoms with Crippen LogP contribution in [0.5, 0.6) is 0 Å². The number of ketones is 1. The number of amides is 1. The first kappa shape index (κ1) is 21.8. The summed E-state index contributed by atoms with van der Waals surface area (Å²) in [5.74, 6) is -1.58. The molecule has 0 aliphatic carbocycles. The number of aliphatic hydroxyl groups is 1. The van der Waals surface area contributed by atoms with Crippen LogP contribution in [-0.4, -0.2) is 21.8 Å². The molecule has 1 aromatic heterocycles. The number of aryl methyl sites for hydroxylation is 2. The lowest BCUT2D eigenvalue weighted by atomic mass is 9.96. The Morgan fingerprint density at radius 3 is 2.41 bits per heavy atom. The molecule has 0 saturated heterocycles. The third-order valence-electron chi connectivity index (χ3n) is 5.84. The predicted molar refractivity (Wildman–Crippen MR) is 136 cm³/mol. The lowest BCUT2D eigenvalue weighted by molar-refractivity contribution is -0.117. The second-order valence-electron chi connectivity index (χ2n) is 8.28. The molecule has 1 amide bonds. The van der Waals surface area contributed by atoms with Gasteiger partial charge in [-0.25, -0.2) is 4.98 Å². The summed E-state index contributed by atoms with van der Waals surface area (Å²) >= 11 is 1.38. The van der Waals surface area contributed by atoms with E-state index in [-0.39, 0.29) is 5.57 Å². The molecule has 5 nitrogen and oxygen atoms in total. The van der Waals surface area contributed by atoms with Crippen LogP contribution >= 0.6 is 11.3 Å². The van der Waals surface area contributed by atoms with Crippen LogP contribution in [0.3, 0.4) is 0 Å². The van der Waals surface area contributed by atoms with Crippen molar-refractivity contribution in [2.24, 2.45) is 0 Å². The number of anilines is 1. The molecule has 1 aliphatic rings. The van der Waals surface area contributed by atoms with Gasteiger partial charge in [-0.3, -0.25) is 14.5 Å². The highest BCUT2D eigenvalue weighted by molar-refractivity contribution is 7.22. The van der Waals surface area contributed by atoms with Crippen molar-refractivity contribution in [2.45, 2.75) is 19.9 Å². The van der Waals surface area contributed by atoms with Crippen molar-refractivity contribution in [1.29, 1.82) is 0 Å². The molecular weight excluding hydrogens is 444 g/mol. The molecule has 0 fully saturated rings. The van der Waals surface area contributed by atoms with Crippen LogP contribution in [0.1, 0.15) is 28.3 Å². The van der Waals surface area contributed by atoms with Crippen molar-refractivity contribution in [3.05, 3.63) is 112 Å². The van der Waals surface area contributed by atoms with Gasteiger partial charge in [0.05, 0.1) is 21.8 Å². The van der Waals surface area contributed by atoms with Gasteiger partial charge >= 0.3 is 0 Å². The maximum Gasteiger partial charge on any atom is 0.296 e. The molecule has 0 spiro atoms. The molecule has 0 saturated carbocycles. The van der Waals surface area contributed by atoms with E-state index in [9.17, 15) is 14.7 Å². The van der Waals surface area contributed by atoms with Crippen LogP contribution in [0.4, 0.5) is 5.13 Å². The van der Waals surface area contributed by atoms with E-state index in [1.165, 1.54) is 22.3 Å². The fourth-order valence-corrected chi connectivity index (χ4v) is 5.46. The second-order valence-corrected chi connectivity index (χ2v) is 9.29. The molecule has 0 bridgehead atoms. The van der Waals surface area contributed by atoms with Crippen molar-refractivity contribution in [1.82, 2.24) is 4.98 Å². The van der Waals surface area contributed by atoms with Gasteiger partial charge < -0.3 is 5.11 Å². The van der Waals surface area contributed by atoms with E-state index in [2.05, 4.69) is 0 Å². The molecule has 3 aromatic carbocycles. The van der Waals surface area contributed by atoms with Crippen LogP contribution in [0.25, 0.3) is 16.3 Å². The Hall–Kier alpha value is -4.03. The molecule has 1 N–H and O–H groups in total. The summed E-state index contributed by atoms with van der Waals surface area (Å²) < 4.78 is 0.954. The number of hydrogen-bond acceptors (Lipinski definition) is 5. The first-order valence-electron chi connectivity index (χ1n) is 10.9. The standard InChI is InChI=1S/C28H22N2O3S/c1-17-15-18(2)24-22(16-17)34-28(29-24)30-25(20-11-7-4-8-12-20)23(26(32)27(30)33)21(31)14-13-19-9-5-3-6-10-19/h3-16,25,32H,1-2H3/b14-13+. The van der Waals surface area contributed by atoms with Crippen LogP contribution in [0, 0.1) is 13.8 Å². The van der Waals surface area contributed by atoms with Crippen molar-refractivity contribution < 1.29 is 14.7 Å². The van der Waals surface area contributed by atoms with E-state index in [0.29, 0.717) is 5.13 Å². The van der Waals surface area contributed by atoms with E-state index < -0.39 is 23.5 Å². The van der Waals surface area contributed by atoms with Crippen LogP contribution in [0.2, 0.25) is 0 Å². The summed E-state index contributed by atoms with van der Waals surface area (Å²) in [6.45, 7) is 4.00. The average molecular weight is 467 g/mol. The third-order valence-corrected chi connectivity index (χ3v) is 6.84. The molecular formula is C28H22N2O3S. The highest BCUT2D eigenvalue weighted by Crippen LogP contribution is 2.44. The molecule has 1 aliphatic heterocycles. The molecule has 4 aromatic rings. The highest BCUT2D eigenvalue weighted by atomic mass is 32.1. The summed E-state index contributed by atoms with van der Waals surface area (Å²) in [6.07, 6.45) is 3.08. The minimum Gasteiger partial charge on any atom is -0.503 e. The summed E-state index contributed by atoms with van der Waals surface area (Å²) in [5.41, 5.74) is 4.56. The normalized spacial score (nSPS) is 16.2. The number of carbonyl (C=O) groups excluding carboxylic acids is 2. The molecule has 0 radical (unpaired) electrons. The molecule has 168 valence electrons. The largest absolute Gasteiger partial charge is 0.503 e. The average Bonchev–Trinajstić information content (AvgIpc) is 3.37. The number of thiazole rings is 1. The summed E-state index contributed by atoms with van der Waals surface area (Å²) in [6, 6.07) is 22.0. The van der Waals surface area contributed by atoms with Crippen LogP contribution in [-0.2, 0) is 9.59 Å². The number of fused-ring (bicyclic) bond motifs is 1. The number of nitrogens with zero attached hydrogens (tertiary/aromatic N) is 2. The minimum absolute atomic E-state index is 0.0514. The summed E-state index contributed by atoms with van der Waals surface area (Å²) in [7, 11) is 0. The maximum atomic E-state index is 13.3. The van der Waals surface area contributed by atoms with Crippen molar-refractivity contribution in [3.8, 4) is 0 Å². The Bertz CT molecular complexity index is 1470. The number of carbonyl (C=O) groups is 2. The van der Waals surface area contributed by atoms with E-state index >= 15 is 0 Å². The molecule has 2 heterocycles. The van der Waals surface area contributed by atoms with E-state index in [0.717, 1.165) is 32.5 Å². The number of aromatic nitrogens is 1. The van der Waals surface area contributed by atoms with Crippen molar-refractivity contribution in [2.75, 3.05) is 4.90 Å². The van der Waals surface area contributed by atoms with Gasteiger partial charge in [0.2, 0.25) is 0 Å². The van der Waals surface area contributed by atoms with Gasteiger partial charge in [-0.1, -0.05) is 84.1 Å². The summed E-state index contributed by atoms with van der Waals surface area (Å²) in [4.78, 5) is 32.8. The van der Waals surface area contributed by atoms with Gasteiger partial charge in [-0.05, 0) is 48.2 Å². The third kappa shape index (κ3) is 3.82. The van der Waals surface area contributed by atoms with E-state index in [1.807, 2.05) is 86.6 Å². The van der Waals surface area contributed by atoms with E-state index in [1.54, 1.807) is 6.08 Å². The number of aliphatic hydroxyl groups excluding tert-OH is 1. The van der Waals surface area contributed by atoms with Crippen molar-refractivity contribution in [3.63, 3.8) is 0 Å². The first-order valence-corrected chi connectivity index (χ1v) is 11.7. The SMILES string of the molecule is Cc1cc(C)c2nc(N3C(=O)C(O)=C(C(=O)/C=C/c4ccccc4)C3c3ccccc3)sc2c1. The monoisotopic (exact) mass is 466 g/mol. The Kier molecular flexibility index (Phi) is 5.59.